The lowest BCUT2D eigenvalue weighted by Gasteiger charge is -2.13. The van der Waals surface area contributed by atoms with Crippen LogP contribution < -0.4 is 10.0 Å². The van der Waals surface area contributed by atoms with Crippen LogP contribution in [-0.4, -0.2) is 25.4 Å². The average molecular weight is 314 g/mol. The predicted octanol–water partition coefficient (Wildman–Crippen LogP) is 1.62. The monoisotopic (exact) mass is 314 g/mol. The van der Waals surface area contributed by atoms with Crippen LogP contribution in [0.5, 0.6) is 0 Å². The first-order valence-corrected chi connectivity index (χ1v) is 8.61. The van der Waals surface area contributed by atoms with Gasteiger partial charge in [0.25, 0.3) is 10.0 Å². The normalized spacial score (nSPS) is 13.5. The van der Waals surface area contributed by atoms with Crippen molar-refractivity contribution >= 4 is 21.4 Å². The molecule has 1 unspecified atom stereocenters. The molecule has 2 rings (SSSR count). The quantitative estimate of drug-likeness (QED) is 0.725. The molecule has 0 aliphatic rings. The number of aromatic amines is 1. The Morgan fingerprint density at radius 2 is 2.25 bits per heavy atom. The van der Waals surface area contributed by atoms with E-state index < -0.39 is 10.0 Å². The van der Waals surface area contributed by atoms with Crippen molar-refractivity contribution in [1.82, 2.24) is 20.0 Å². The van der Waals surface area contributed by atoms with Gasteiger partial charge in [-0.05, 0) is 25.6 Å². The van der Waals surface area contributed by atoms with E-state index in [9.17, 15) is 8.42 Å². The molecule has 1 atom stereocenters. The van der Waals surface area contributed by atoms with Crippen LogP contribution in [0.1, 0.15) is 30.1 Å². The smallest absolute Gasteiger partial charge is 0.250 e. The van der Waals surface area contributed by atoms with Gasteiger partial charge < -0.3 is 10.3 Å². The molecule has 0 amide bonds. The number of H-pyrrole nitrogens is 1. The van der Waals surface area contributed by atoms with E-state index in [2.05, 4.69) is 20.0 Å². The summed E-state index contributed by atoms with van der Waals surface area (Å²) in [5.41, 5.74) is 0. The number of imidazole rings is 1. The van der Waals surface area contributed by atoms with Gasteiger partial charge in [0.1, 0.15) is 10.0 Å². The molecular weight excluding hydrogens is 296 g/mol. The molecule has 0 aliphatic heterocycles. The zero-order valence-corrected chi connectivity index (χ0v) is 13.0. The maximum atomic E-state index is 12.4. The standard InChI is InChI=1S/C12H18N4O2S2/c1-3-10(12-14-6-7-15-12)16-20(17,18)11-5-4-9(19-11)8-13-2/h4-7,10,13,16H,3,8H2,1-2H3,(H,14,15). The Bertz CT molecular complexity index is 634. The van der Waals surface area contributed by atoms with Crippen LogP contribution in [0.15, 0.2) is 28.7 Å². The lowest BCUT2D eigenvalue weighted by atomic mass is 10.2. The van der Waals surface area contributed by atoms with E-state index in [0.717, 1.165) is 4.88 Å². The van der Waals surface area contributed by atoms with Crippen molar-refractivity contribution in [3.63, 3.8) is 0 Å². The first-order valence-electron chi connectivity index (χ1n) is 6.31. The lowest BCUT2D eigenvalue weighted by molar-refractivity contribution is 0.541. The largest absolute Gasteiger partial charge is 0.347 e. The maximum Gasteiger partial charge on any atom is 0.250 e. The van der Waals surface area contributed by atoms with Gasteiger partial charge in [-0.25, -0.2) is 13.4 Å². The van der Waals surface area contributed by atoms with Crippen LogP contribution in [-0.2, 0) is 16.6 Å². The Morgan fingerprint density at radius 1 is 1.45 bits per heavy atom. The van der Waals surface area contributed by atoms with Crippen LogP contribution in [0.2, 0.25) is 0 Å². The number of aromatic nitrogens is 2. The third-order valence-electron chi connectivity index (χ3n) is 2.81. The van der Waals surface area contributed by atoms with E-state index in [0.29, 0.717) is 23.0 Å². The Kier molecular flexibility index (Phi) is 4.92. The van der Waals surface area contributed by atoms with Crippen LogP contribution in [0, 0.1) is 0 Å². The number of hydrogen-bond donors (Lipinski definition) is 3. The van der Waals surface area contributed by atoms with Crippen LogP contribution in [0.3, 0.4) is 0 Å². The molecule has 0 saturated heterocycles. The van der Waals surface area contributed by atoms with Gasteiger partial charge in [-0.15, -0.1) is 11.3 Å². The molecular formula is C12H18N4O2S2. The second kappa shape index (κ2) is 6.49. The molecule has 3 N–H and O–H groups in total. The number of thiophene rings is 1. The molecule has 2 aromatic heterocycles. The van der Waals surface area contributed by atoms with Gasteiger partial charge in [0.05, 0.1) is 6.04 Å². The van der Waals surface area contributed by atoms with Crippen molar-refractivity contribution in [3.8, 4) is 0 Å². The minimum absolute atomic E-state index is 0.327. The van der Waals surface area contributed by atoms with E-state index in [1.54, 1.807) is 18.5 Å². The van der Waals surface area contributed by atoms with Gasteiger partial charge in [-0.3, -0.25) is 0 Å². The highest BCUT2D eigenvalue weighted by molar-refractivity contribution is 7.91. The fourth-order valence-electron chi connectivity index (χ4n) is 1.82. The van der Waals surface area contributed by atoms with Gasteiger partial charge in [-0.1, -0.05) is 6.92 Å². The molecule has 6 nitrogen and oxygen atoms in total. The molecule has 0 radical (unpaired) electrons. The topological polar surface area (TPSA) is 86.9 Å². The molecule has 0 spiro atoms. The van der Waals surface area contributed by atoms with Gasteiger partial charge in [-0.2, -0.15) is 4.72 Å². The predicted molar refractivity (Wildman–Crippen MR) is 79.0 cm³/mol. The minimum atomic E-state index is -3.51. The van der Waals surface area contributed by atoms with E-state index in [1.165, 1.54) is 11.3 Å². The van der Waals surface area contributed by atoms with Crippen LogP contribution in [0.4, 0.5) is 0 Å². The Hall–Kier alpha value is -1.22. The van der Waals surface area contributed by atoms with Gasteiger partial charge in [0, 0.05) is 23.8 Å². The van der Waals surface area contributed by atoms with Crippen molar-refractivity contribution in [1.29, 1.82) is 0 Å². The molecule has 0 bridgehead atoms. The average Bonchev–Trinajstić information content (AvgIpc) is 3.07. The van der Waals surface area contributed by atoms with E-state index in [4.69, 9.17) is 0 Å². The number of sulfonamides is 1. The van der Waals surface area contributed by atoms with Gasteiger partial charge in [0.15, 0.2) is 0 Å². The highest BCUT2D eigenvalue weighted by Crippen LogP contribution is 2.24. The van der Waals surface area contributed by atoms with E-state index >= 15 is 0 Å². The van der Waals surface area contributed by atoms with Gasteiger partial charge >= 0.3 is 0 Å². The highest BCUT2D eigenvalue weighted by Gasteiger charge is 2.23. The summed E-state index contributed by atoms with van der Waals surface area (Å²) in [4.78, 5) is 8.04. The van der Waals surface area contributed by atoms with E-state index in [1.807, 2.05) is 20.0 Å². The summed E-state index contributed by atoms with van der Waals surface area (Å²) in [5.74, 6) is 0.628. The summed E-state index contributed by atoms with van der Waals surface area (Å²) < 4.78 is 27.7. The summed E-state index contributed by atoms with van der Waals surface area (Å²) in [6.07, 6.45) is 3.92. The summed E-state index contributed by atoms with van der Waals surface area (Å²) in [5, 5.41) is 3.00. The molecule has 0 aromatic carbocycles. The van der Waals surface area contributed by atoms with E-state index in [-0.39, 0.29) is 6.04 Å². The highest BCUT2D eigenvalue weighted by atomic mass is 32.2. The second-order valence-electron chi connectivity index (χ2n) is 4.31. The summed E-state index contributed by atoms with van der Waals surface area (Å²) in [7, 11) is -1.68. The van der Waals surface area contributed by atoms with Crippen molar-refractivity contribution in [2.24, 2.45) is 0 Å². The lowest BCUT2D eigenvalue weighted by Crippen LogP contribution is -2.28. The van der Waals surface area contributed by atoms with Crippen LogP contribution in [0.25, 0.3) is 0 Å². The third kappa shape index (κ3) is 3.45. The fraction of sp³-hybridized carbons (Fsp3) is 0.417. The number of rotatable bonds is 7. The second-order valence-corrected chi connectivity index (χ2v) is 7.42. The number of hydrogen-bond acceptors (Lipinski definition) is 5. The fourth-order valence-corrected chi connectivity index (χ4v) is 4.49. The Labute approximate surface area is 122 Å². The zero-order valence-electron chi connectivity index (χ0n) is 11.4. The molecule has 8 heteroatoms. The number of nitrogens with one attached hydrogen (secondary N) is 3. The van der Waals surface area contributed by atoms with Gasteiger partial charge in [0.2, 0.25) is 0 Å². The van der Waals surface area contributed by atoms with Crippen LogP contribution >= 0.6 is 11.3 Å². The minimum Gasteiger partial charge on any atom is -0.347 e. The first-order chi connectivity index (χ1) is 9.56. The molecule has 20 heavy (non-hydrogen) atoms. The Morgan fingerprint density at radius 3 is 2.85 bits per heavy atom. The molecule has 0 saturated carbocycles. The summed E-state index contributed by atoms with van der Waals surface area (Å²) in [6, 6.07) is 3.11. The van der Waals surface area contributed by atoms with Crippen molar-refractivity contribution < 1.29 is 8.42 Å². The maximum absolute atomic E-state index is 12.4. The molecule has 0 aliphatic carbocycles. The first kappa shape index (κ1) is 15.2. The summed E-state index contributed by atoms with van der Waals surface area (Å²) in [6.45, 7) is 2.58. The summed E-state index contributed by atoms with van der Waals surface area (Å²) >= 11 is 1.27. The molecule has 110 valence electrons. The Balaban J connectivity index is 2.17. The zero-order chi connectivity index (χ0) is 14.6. The van der Waals surface area contributed by atoms with Crippen molar-refractivity contribution in [2.75, 3.05) is 7.05 Å². The SMILES string of the molecule is CCC(NS(=O)(=O)c1ccc(CNC)s1)c1ncc[nH]1. The number of nitrogens with zero attached hydrogens (tertiary/aromatic N) is 1. The molecule has 2 aromatic rings. The molecule has 2 heterocycles. The molecule has 0 fully saturated rings. The van der Waals surface area contributed by atoms with Crippen molar-refractivity contribution in [3.05, 3.63) is 35.2 Å². The third-order valence-corrected chi connectivity index (χ3v) is 5.86. The van der Waals surface area contributed by atoms with Crippen molar-refractivity contribution in [2.45, 2.75) is 30.1 Å².